The molecule has 2 N–H and O–H groups in total. The molecule has 36 heavy (non-hydrogen) atoms. The minimum Gasteiger partial charge on any atom is -0.462 e. The lowest BCUT2D eigenvalue weighted by Gasteiger charge is -2.22. The molecule has 0 radical (unpaired) electrons. The Hall–Kier alpha value is -3.65. The van der Waals surface area contributed by atoms with Crippen molar-refractivity contribution in [1.29, 1.82) is 0 Å². The van der Waals surface area contributed by atoms with Gasteiger partial charge in [-0.3, -0.25) is 14.4 Å². The lowest BCUT2D eigenvalue weighted by atomic mass is 9.95. The minimum absolute atomic E-state index is 0.0895. The van der Waals surface area contributed by atoms with Crippen molar-refractivity contribution in [1.82, 2.24) is 5.32 Å². The monoisotopic (exact) mass is 509 g/mol. The van der Waals surface area contributed by atoms with Crippen molar-refractivity contribution in [2.45, 2.75) is 51.5 Å². The number of carbonyl (C=O) groups is 4. The summed E-state index contributed by atoms with van der Waals surface area (Å²) in [4.78, 5) is 52.0. The van der Waals surface area contributed by atoms with Crippen LogP contribution in [-0.4, -0.2) is 36.3 Å². The predicted molar refractivity (Wildman–Crippen MR) is 137 cm³/mol. The summed E-state index contributed by atoms with van der Waals surface area (Å²) in [6.45, 7) is 2.08. The molecule has 188 valence electrons. The molecule has 0 spiro atoms. The molecular weight excluding hydrogens is 482 g/mol. The van der Waals surface area contributed by atoms with Crippen molar-refractivity contribution < 1.29 is 23.9 Å². The van der Waals surface area contributed by atoms with E-state index in [0.29, 0.717) is 17.7 Å². The maximum absolute atomic E-state index is 13.2. The molecule has 4 rings (SSSR count). The number of hydrogen-bond acceptors (Lipinski definition) is 6. The maximum atomic E-state index is 13.2. The summed E-state index contributed by atoms with van der Waals surface area (Å²) >= 11 is 6.25. The first kappa shape index (κ1) is 25.4. The van der Waals surface area contributed by atoms with E-state index in [1.807, 2.05) is 6.92 Å². The van der Waals surface area contributed by atoms with E-state index in [1.54, 1.807) is 36.4 Å². The summed E-state index contributed by atoms with van der Waals surface area (Å²) in [5.41, 5.74) is 1.06. The van der Waals surface area contributed by atoms with Gasteiger partial charge in [0.2, 0.25) is 0 Å². The summed E-state index contributed by atoms with van der Waals surface area (Å²) < 4.78 is 5.19. The van der Waals surface area contributed by atoms with E-state index < -0.39 is 17.8 Å². The topological polar surface area (TPSA) is 105 Å². The summed E-state index contributed by atoms with van der Waals surface area (Å²) in [5.74, 6) is -2.22. The number of nitrogens with one attached hydrogen (secondary N) is 2. The third kappa shape index (κ3) is 5.44. The maximum Gasteiger partial charge on any atom is 0.340 e. The zero-order valence-electron chi connectivity index (χ0n) is 20.0. The first-order valence-corrected chi connectivity index (χ1v) is 12.5. The van der Waals surface area contributed by atoms with Gasteiger partial charge in [0, 0.05) is 17.3 Å². The van der Waals surface area contributed by atoms with Crippen LogP contribution in [0.2, 0.25) is 0 Å². The van der Waals surface area contributed by atoms with E-state index in [0.717, 1.165) is 30.6 Å². The van der Waals surface area contributed by atoms with Crippen molar-refractivity contribution >= 4 is 46.7 Å². The van der Waals surface area contributed by atoms with Gasteiger partial charge in [-0.25, -0.2) is 9.69 Å². The average Bonchev–Trinajstić information content (AvgIpc) is 3.11. The Bertz CT molecular complexity index is 1200. The predicted octanol–water partition coefficient (Wildman–Crippen LogP) is 4.75. The summed E-state index contributed by atoms with van der Waals surface area (Å²) in [6, 6.07) is 13.0. The van der Waals surface area contributed by atoms with Crippen LogP contribution in [0.3, 0.4) is 0 Å². The van der Waals surface area contributed by atoms with E-state index in [1.165, 1.54) is 18.6 Å². The lowest BCUT2D eigenvalue weighted by Crippen LogP contribution is -2.36. The molecule has 0 aromatic heterocycles. The van der Waals surface area contributed by atoms with Crippen LogP contribution in [0.1, 0.15) is 66.2 Å². The fourth-order valence-corrected chi connectivity index (χ4v) is 4.52. The van der Waals surface area contributed by atoms with Gasteiger partial charge in [0.25, 0.3) is 17.7 Å². The number of para-hydroxylation sites is 1. The highest BCUT2D eigenvalue weighted by molar-refractivity contribution is 6.53. The van der Waals surface area contributed by atoms with Gasteiger partial charge in [0.15, 0.2) is 0 Å². The fraction of sp³-hybridized carbons (Fsp3) is 0.333. The lowest BCUT2D eigenvalue weighted by molar-refractivity contribution is -0.120. The molecule has 3 amide bonds. The van der Waals surface area contributed by atoms with Crippen molar-refractivity contribution in [3.05, 3.63) is 70.4 Å². The van der Waals surface area contributed by atoms with Gasteiger partial charge >= 0.3 is 5.97 Å². The molecular formula is C27H28ClN3O5. The number of hydrogen-bond donors (Lipinski definition) is 2. The van der Waals surface area contributed by atoms with Crippen LogP contribution < -0.4 is 15.5 Å². The van der Waals surface area contributed by atoms with E-state index in [-0.39, 0.29) is 40.5 Å². The van der Waals surface area contributed by atoms with Gasteiger partial charge in [-0.1, -0.05) is 49.9 Å². The number of benzene rings is 2. The fourth-order valence-electron chi connectivity index (χ4n) is 4.31. The highest BCUT2D eigenvalue weighted by Gasteiger charge is 2.40. The zero-order chi connectivity index (χ0) is 25.7. The Balaban J connectivity index is 1.48. The SMILES string of the molecule is CCCOC(=O)c1ccccc1N1C(=O)C(Cl)=C(Nc2ccc(C(=O)NC3CCCCC3)cc2)C1=O. The van der Waals surface area contributed by atoms with Gasteiger partial charge < -0.3 is 15.4 Å². The van der Waals surface area contributed by atoms with E-state index in [9.17, 15) is 19.2 Å². The number of anilines is 2. The quantitative estimate of drug-likeness (QED) is 0.393. The summed E-state index contributed by atoms with van der Waals surface area (Å²) in [7, 11) is 0. The normalized spacial score (nSPS) is 16.3. The number of rotatable bonds is 8. The van der Waals surface area contributed by atoms with Crippen molar-refractivity contribution in [3.8, 4) is 0 Å². The second-order valence-corrected chi connectivity index (χ2v) is 9.18. The van der Waals surface area contributed by atoms with E-state index in [4.69, 9.17) is 16.3 Å². The standard InChI is InChI=1S/C27H28ClN3O5/c1-2-16-36-27(35)20-10-6-7-11-21(20)31-25(33)22(28)23(26(31)34)29-19-14-12-17(13-15-19)24(32)30-18-8-4-3-5-9-18/h6-7,10-15,18,29H,2-5,8-9,16H2,1H3,(H,30,32). The Morgan fingerprint density at radius 2 is 1.69 bits per heavy atom. The molecule has 0 atom stereocenters. The Morgan fingerprint density at radius 3 is 2.39 bits per heavy atom. The van der Waals surface area contributed by atoms with Crippen LogP contribution in [0, 0.1) is 0 Å². The Morgan fingerprint density at radius 1 is 1.00 bits per heavy atom. The Kier molecular flexibility index (Phi) is 8.05. The largest absolute Gasteiger partial charge is 0.462 e. The Labute approximate surface area is 214 Å². The number of ether oxygens (including phenoxy) is 1. The molecule has 2 aliphatic rings. The van der Waals surface area contributed by atoms with E-state index >= 15 is 0 Å². The number of esters is 1. The minimum atomic E-state index is -0.747. The molecule has 2 aromatic rings. The molecule has 0 bridgehead atoms. The van der Waals surface area contributed by atoms with Crippen LogP contribution in [0.25, 0.3) is 0 Å². The molecule has 1 fully saturated rings. The van der Waals surface area contributed by atoms with Crippen LogP contribution in [0.5, 0.6) is 0 Å². The van der Waals surface area contributed by atoms with E-state index in [2.05, 4.69) is 10.6 Å². The third-order valence-corrected chi connectivity index (χ3v) is 6.54. The summed E-state index contributed by atoms with van der Waals surface area (Å²) in [6.07, 6.45) is 6.07. The second kappa shape index (κ2) is 11.4. The zero-order valence-corrected chi connectivity index (χ0v) is 20.8. The van der Waals surface area contributed by atoms with Crippen LogP contribution in [0.15, 0.2) is 59.3 Å². The van der Waals surface area contributed by atoms with Gasteiger partial charge in [-0.05, 0) is 55.7 Å². The molecule has 9 heteroatoms. The summed E-state index contributed by atoms with van der Waals surface area (Å²) in [5, 5.41) is 5.66. The van der Waals surface area contributed by atoms with Gasteiger partial charge in [0.05, 0.1) is 17.9 Å². The number of halogens is 1. The smallest absolute Gasteiger partial charge is 0.340 e. The molecule has 2 aromatic carbocycles. The van der Waals surface area contributed by atoms with Crippen LogP contribution in [0.4, 0.5) is 11.4 Å². The average molecular weight is 510 g/mol. The first-order valence-electron chi connectivity index (χ1n) is 12.1. The number of nitrogens with zero attached hydrogens (tertiary/aromatic N) is 1. The molecule has 0 unspecified atom stereocenters. The van der Waals surface area contributed by atoms with Crippen molar-refractivity contribution in [2.75, 3.05) is 16.8 Å². The van der Waals surface area contributed by atoms with Crippen molar-refractivity contribution in [2.24, 2.45) is 0 Å². The van der Waals surface area contributed by atoms with Crippen LogP contribution >= 0.6 is 11.6 Å². The highest BCUT2D eigenvalue weighted by atomic mass is 35.5. The second-order valence-electron chi connectivity index (χ2n) is 8.80. The molecule has 1 aliphatic carbocycles. The molecule has 1 aliphatic heterocycles. The van der Waals surface area contributed by atoms with Crippen LogP contribution in [-0.2, 0) is 14.3 Å². The van der Waals surface area contributed by atoms with Crippen molar-refractivity contribution in [3.63, 3.8) is 0 Å². The molecule has 1 saturated carbocycles. The molecule has 0 saturated heterocycles. The number of imide groups is 1. The first-order chi connectivity index (χ1) is 17.4. The number of carbonyl (C=O) groups excluding carboxylic acids is 4. The van der Waals surface area contributed by atoms with Gasteiger partial charge in [0.1, 0.15) is 10.7 Å². The van der Waals surface area contributed by atoms with Gasteiger partial charge in [-0.2, -0.15) is 0 Å². The molecule has 1 heterocycles. The number of amides is 3. The third-order valence-electron chi connectivity index (χ3n) is 6.19. The van der Waals surface area contributed by atoms with Gasteiger partial charge in [-0.15, -0.1) is 0 Å². The highest BCUT2D eigenvalue weighted by Crippen LogP contribution is 2.32. The molecule has 8 nitrogen and oxygen atoms in total.